The van der Waals surface area contributed by atoms with E-state index in [0.717, 1.165) is 5.56 Å². The fourth-order valence-electron chi connectivity index (χ4n) is 2.06. The first-order chi connectivity index (χ1) is 10.0. The summed E-state index contributed by atoms with van der Waals surface area (Å²) in [6.07, 6.45) is -0.763. The minimum absolute atomic E-state index is 0.241. The molecular weight excluding hydrogens is 293 g/mol. The molecule has 1 unspecified atom stereocenters. The third kappa shape index (κ3) is 3.86. The fourth-order valence-corrected chi connectivity index (χ4v) is 2.30. The third-order valence-electron chi connectivity index (χ3n) is 3.16. The van der Waals surface area contributed by atoms with E-state index in [9.17, 15) is 9.50 Å². The van der Waals surface area contributed by atoms with Crippen LogP contribution in [0.15, 0.2) is 36.4 Å². The van der Waals surface area contributed by atoms with Crippen molar-refractivity contribution in [3.63, 3.8) is 0 Å². The molecule has 0 amide bonds. The Bertz CT molecular complexity index is 634. The maximum Gasteiger partial charge on any atom is 0.124 e. The molecule has 0 aromatic heterocycles. The van der Waals surface area contributed by atoms with Gasteiger partial charge in [-0.05, 0) is 37.3 Å². The standard InChI is InChI=1S/C16H17ClFNO2/c1-10-3-6-16(21-2)12(7-10)15(20)9-19-14-5-4-11(18)8-13(14)17/h3-8,15,19-20H,9H2,1-2H3. The quantitative estimate of drug-likeness (QED) is 0.879. The van der Waals surface area contributed by atoms with Gasteiger partial charge in [0.1, 0.15) is 11.6 Å². The summed E-state index contributed by atoms with van der Waals surface area (Å²) in [4.78, 5) is 0. The van der Waals surface area contributed by atoms with Crippen LogP contribution in [0.5, 0.6) is 5.75 Å². The van der Waals surface area contributed by atoms with E-state index in [0.29, 0.717) is 17.0 Å². The summed E-state index contributed by atoms with van der Waals surface area (Å²) in [5, 5.41) is 13.6. The Labute approximate surface area is 128 Å². The van der Waals surface area contributed by atoms with Gasteiger partial charge < -0.3 is 15.2 Å². The number of aryl methyl sites for hydroxylation is 1. The Morgan fingerprint density at radius 2 is 2.05 bits per heavy atom. The normalized spacial score (nSPS) is 12.0. The molecule has 0 bridgehead atoms. The van der Waals surface area contributed by atoms with E-state index in [4.69, 9.17) is 16.3 Å². The number of hydrogen-bond donors (Lipinski definition) is 2. The molecule has 2 rings (SSSR count). The van der Waals surface area contributed by atoms with E-state index in [1.807, 2.05) is 25.1 Å². The van der Waals surface area contributed by atoms with Gasteiger partial charge in [-0.3, -0.25) is 0 Å². The summed E-state index contributed by atoms with van der Waals surface area (Å²) in [6.45, 7) is 2.19. The lowest BCUT2D eigenvalue weighted by atomic mass is 10.1. The van der Waals surface area contributed by atoms with Crippen LogP contribution in [0.2, 0.25) is 5.02 Å². The van der Waals surface area contributed by atoms with Gasteiger partial charge in [-0.25, -0.2) is 4.39 Å². The van der Waals surface area contributed by atoms with Crippen LogP contribution in [0.3, 0.4) is 0 Å². The van der Waals surface area contributed by atoms with Crippen molar-refractivity contribution in [2.45, 2.75) is 13.0 Å². The fraction of sp³-hybridized carbons (Fsp3) is 0.250. The van der Waals surface area contributed by atoms with E-state index in [-0.39, 0.29) is 11.6 Å². The van der Waals surface area contributed by atoms with Crippen molar-refractivity contribution in [2.24, 2.45) is 0 Å². The Hall–Kier alpha value is -1.78. The highest BCUT2D eigenvalue weighted by Crippen LogP contribution is 2.28. The molecule has 5 heteroatoms. The second-order valence-electron chi connectivity index (χ2n) is 4.77. The number of aliphatic hydroxyl groups is 1. The van der Waals surface area contributed by atoms with Crippen LogP contribution < -0.4 is 10.1 Å². The summed E-state index contributed by atoms with van der Waals surface area (Å²) in [5.74, 6) is 0.228. The van der Waals surface area contributed by atoms with Gasteiger partial charge in [0.2, 0.25) is 0 Å². The van der Waals surface area contributed by atoms with Gasteiger partial charge in [0.05, 0.1) is 23.9 Å². The highest BCUT2D eigenvalue weighted by molar-refractivity contribution is 6.33. The Morgan fingerprint density at radius 3 is 2.71 bits per heavy atom. The second-order valence-corrected chi connectivity index (χ2v) is 5.17. The van der Waals surface area contributed by atoms with E-state index in [1.165, 1.54) is 18.2 Å². The molecule has 21 heavy (non-hydrogen) atoms. The minimum Gasteiger partial charge on any atom is -0.496 e. The number of ether oxygens (including phenoxy) is 1. The Balaban J connectivity index is 2.11. The summed E-state index contributed by atoms with van der Waals surface area (Å²) in [7, 11) is 1.56. The molecule has 0 radical (unpaired) electrons. The maximum atomic E-state index is 13.0. The topological polar surface area (TPSA) is 41.5 Å². The van der Waals surface area contributed by atoms with Crippen LogP contribution in [0.1, 0.15) is 17.2 Å². The number of anilines is 1. The van der Waals surface area contributed by atoms with Crippen LogP contribution in [-0.2, 0) is 0 Å². The smallest absolute Gasteiger partial charge is 0.124 e. The first-order valence-corrected chi connectivity index (χ1v) is 6.90. The van der Waals surface area contributed by atoms with Gasteiger partial charge in [-0.1, -0.05) is 23.2 Å². The third-order valence-corrected chi connectivity index (χ3v) is 3.47. The molecule has 0 heterocycles. The molecule has 2 aromatic rings. The lowest BCUT2D eigenvalue weighted by Crippen LogP contribution is -2.13. The van der Waals surface area contributed by atoms with E-state index in [1.54, 1.807) is 7.11 Å². The predicted octanol–water partition coefficient (Wildman–Crippen LogP) is 3.94. The summed E-state index contributed by atoms with van der Waals surface area (Å²) < 4.78 is 18.2. The Kier molecular flexibility index (Phi) is 5.04. The molecule has 0 spiro atoms. The summed E-state index contributed by atoms with van der Waals surface area (Å²) >= 11 is 5.93. The first kappa shape index (κ1) is 15.6. The van der Waals surface area contributed by atoms with Crippen LogP contribution in [-0.4, -0.2) is 18.8 Å². The van der Waals surface area contributed by atoms with Crippen LogP contribution in [0.25, 0.3) is 0 Å². The predicted molar refractivity (Wildman–Crippen MR) is 82.6 cm³/mol. The SMILES string of the molecule is COc1ccc(C)cc1C(O)CNc1ccc(F)cc1Cl. The van der Waals surface area contributed by atoms with E-state index in [2.05, 4.69) is 5.32 Å². The maximum absolute atomic E-state index is 13.0. The molecule has 0 aliphatic heterocycles. The zero-order chi connectivity index (χ0) is 15.4. The Morgan fingerprint density at radius 1 is 1.29 bits per heavy atom. The van der Waals surface area contributed by atoms with Crippen LogP contribution in [0, 0.1) is 12.7 Å². The van der Waals surface area contributed by atoms with Crippen molar-refractivity contribution in [1.29, 1.82) is 0 Å². The lowest BCUT2D eigenvalue weighted by molar-refractivity contribution is 0.187. The lowest BCUT2D eigenvalue weighted by Gasteiger charge is -2.17. The number of nitrogens with one attached hydrogen (secondary N) is 1. The van der Waals surface area contributed by atoms with Crippen molar-refractivity contribution in [2.75, 3.05) is 19.0 Å². The first-order valence-electron chi connectivity index (χ1n) is 6.53. The highest BCUT2D eigenvalue weighted by Gasteiger charge is 2.14. The molecule has 2 aromatic carbocycles. The average molecular weight is 310 g/mol. The van der Waals surface area contributed by atoms with Gasteiger partial charge in [-0.15, -0.1) is 0 Å². The molecule has 0 saturated heterocycles. The van der Waals surface area contributed by atoms with Gasteiger partial charge in [0.15, 0.2) is 0 Å². The number of hydrogen-bond acceptors (Lipinski definition) is 3. The van der Waals surface area contributed by atoms with Crippen LogP contribution in [0.4, 0.5) is 10.1 Å². The molecule has 0 aliphatic rings. The zero-order valence-corrected chi connectivity index (χ0v) is 12.6. The van der Waals surface area contributed by atoms with Gasteiger partial charge >= 0.3 is 0 Å². The second kappa shape index (κ2) is 6.78. The molecule has 1 atom stereocenters. The molecule has 0 fully saturated rings. The number of benzene rings is 2. The number of aliphatic hydroxyl groups excluding tert-OH is 1. The zero-order valence-electron chi connectivity index (χ0n) is 11.9. The van der Waals surface area contributed by atoms with Gasteiger partial charge in [0.25, 0.3) is 0 Å². The highest BCUT2D eigenvalue weighted by atomic mass is 35.5. The summed E-state index contributed by atoms with van der Waals surface area (Å²) in [5.41, 5.74) is 2.30. The van der Waals surface area contributed by atoms with Crippen molar-refractivity contribution in [1.82, 2.24) is 0 Å². The van der Waals surface area contributed by atoms with Crippen molar-refractivity contribution >= 4 is 17.3 Å². The number of rotatable bonds is 5. The van der Waals surface area contributed by atoms with E-state index < -0.39 is 11.9 Å². The molecule has 0 saturated carbocycles. The molecule has 0 aliphatic carbocycles. The molecule has 3 nitrogen and oxygen atoms in total. The largest absolute Gasteiger partial charge is 0.496 e. The van der Waals surface area contributed by atoms with Gasteiger partial charge in [-0.2, -0.15) is 0 Å². The van der Waals surface area contributed by atoms with Crippen molar-refractivity contribution < 1.29 is 14.2 Å². The van der Waals surface area contributed by atoms with Crippen molar-refractivity contribution in [3.05, 3.63) is 58.4 Å². The summed E-state index contributed by atoms with van der Waals surface area (Å²) in [6, 6.07) is 9.69. The molecular formula is C16H17ClFNO2. The minimum atomic E-state index is -0.763. The number of halogens is 2. The average Bonchev–Trinajstić information content (AvgIpc) is 2.46. The monoisotopic (exact) mass is 309 g/mol. The number of methoxy groups -OCH3 is 1. The van der Waals surface area contributed by atoms with E-state index >= 15 is 0 Å². The van der Waals surface area contributed by atoms with Crippen LogP contribution >= 0.6 is 11.6 Å². The molecule has 112 valence electrons. The van der Waals surface area contributed by atoms with Crippen molar-refractivity contribution in [3.8, 4) is 5.75 Å². The molecule has 2 N–H and O–H groups in total. The van der Waals surface area contributed by atoms with Gasteiger partial charge in [0, 0.05) is 12.1 Å².